The Balaban J connectivity index is 1.90. The highest BCUT2D eigenvalue weighted by molar-refractivity contribution is 14.1. The second kappa shape index (κ2) is 4.94. The van der Waals surface area contributed by atoms with Crippen molar-refractivity contribution < 1.29 is 4.79 Å². The molecule has 1 atom stereocenters. The first-order valence-corrected chi connectivity index (χ1v) is 8.25. The average Bonchev–Trinajstić information content (AvgIpc) is 2.97. The van der Waals surface area contributed by atoms with Crippen LogP contribution in [-0.2, 0) is 6.54 Å². The van der Waals surface area contributed by atoms with E-state index in [-0.39, 0.29) is 11.9 Å². The third kappa shape index (κ3) is 2.23. The number of thiophene rings is 1. The molecule has 0 saturated heterocycles. The van der Waals surface area contributed by atoms with Crippen molar-refractivity contribution in [3.8, 4) is 0 Å². The minimum Gasteiger partial charge on any atom is -0.345 e. The molecule has 3 nitrogen and oxygen atoms in total. The van der Waals surface area contributed by atoms with Crippen LogP contribution in [-0.4, -0.2) is 21.9 Å². The van der Waals surface area contributed by atoms with E-state index in [0.717, 1.165) is 21.5 Å². The molecule has 0 aromatic carbocycles. The molecule has 0 radical (unpaired) electrons. The predicted molar refractivity (Wildman–Crippen MR) is 85.7 cm³/mol. The highest BCUT2D eigenvalue weighted by atomic mass is 127. The van der Waals surface area contributed by atoms with Crippen LogP contribution >= 0.6 is 33.9 Å². The Morgan fingerprint density at radius 2 is 2.21 bits per heavy atom. The summed E-state index contributed by atoms with van der Waals surface area (Å²) >= 11 is 3.88. The largest absolute Gasteiger partial charge is 0.345 e. The van der Waals surface area contributed by atoms with Crippen LogP contribution in [0.5, 0.6) is 0 Å². The van der Waals surface area contributed by atoms with Gasteiger partial charge in [-0.3, -0.25) is 4.79 Å². The lowest BCUT2D eigenvalue weighted by Gasteiger charge is -2.35. The lowest BCUT2D eigenvalue weighted by molar-refractivity contribution is 0.0643. The molecule has 3 rings (SSSR count). The summed E-state index contributed by atoms with van der Waals surface area (Å²) in [5.74, 6) is 0.150. The molecule has 1 unspecified atom stereocenters. The maximum Gasteiger partial charge on any atom is 0.255 e. The zero-order chi connectivity index (χ0) is 13.6. The number of carbonyl (C=O) groups is 1. The number of aromatic nitrogens is 1. The molecule has 2 aromatic rings. The smallest absolute Gasteiger partial charge is 0.255 e. The first kappa shape index (κ1) is 13.2. The summed E-state index contributed by atoms with van der Waals surface area (Å²) in [5, 5.41) is 1.95. The summed E-state index contributed by atoms with van der Waals surface area (Å²) in [6.07, 6.45) is 0. The standard InChI is InChI=1S/C14H15IN2OS/c1-9-3-4-12-10(2)17(6-5-16(9)12)14(18)11-7-13(15)19-8-11/h3-4,7-8,10H,5-6H2,1-2H3. The molecule has 1 aliphatic rings. The van der Waals surface area contributed by atoms with Crippen molar-refractivity contribution in [1.82, 2.24) is 9.47 Å². The van der Waals surface area contributed by atoms with E-state index >= 15 is 0 Å². The van der Waals surface area contributed by atoms with E-state index in [4.69, 9.17) is 0 Å². The molecule has 0 spiro atoms. The molecule has 2 aromatic heterocycles. The lowest BCUT2D eigenvalue weighted by Crippen LogP contribution is -2.40. The van der Waals surface area contributed by atoms with Gasteiger partial charge >= 0.3 is 0 Å². The Hall–Kier alpha value is -0.820. The summed E-state index contributed by atoms with van der Waals surface area (Å²) in [6, 6.07) is 6.39. The molecule has 0 N–H and O–H groups in total. The summed E-state index contributed by atoms with van der Waals surface area (Å²) in [5.41, 5.74) is 3.33. The molecule has 100 valence electrons. The summed E-state index contributed by atoms with van der Waals surface area (Å²) in [7, 11) is 0. The number of rotatable bonds is 1. The maximum atomic E-state index is 12.6. The van der Waals surface area contributed by atoms with Crippen LogP contribution < -0.4 is 0 Å². The summed E-state index contributed by atoms with van der Waals surface area (Å²) < 4.78 is 3.47. The van der Waals surface area contributed by atoms with E-state index in [2.05, 4.69) is 53.1 Å². The minimum absolute atomic E-state index is 0.146. The van der Waals surface area contributed by atoms with E-state index in [0.29, 0.717) is 0 Å². The van der Waals surface area contributed by atoms with Crippen LogP contribution in [0.3, 0.4) is 0 Å². The number of hydrogen-bond donors (Lipinski definition) is 0. The normalized spacial score (nSPS) is 18.5. The number of carbonyl (C=O) groups excluding carboxylic acids is 1. The van der Waals surface area contributed by atoms with E-state index in [1.165, 1.54) is 11.4 Å². The SMILES string of the molecule is Cc1ccc2n1CCN(C(=O)c1csc(I)c1)C2C. The van der Waals surface area contributed by atoms with Crippen molar-refractivity contribution in [2.24, 2.45) is 0 Å². The van der Waals surface area contributed by atoms with Gasteiger partial charge in [-0.15, -0.1) is 11.3 Å². The van der Waals surface area contributed by atoms with Crippen LogP contribution in [0.2, 0.25) is 0 Å². The maximum absolute atomic E-state index is 12.6. The Morgan fingerprint density at radius 1 is 1.42 bits per heavy atom. The molecule has 0 fully saturated rings. The van der Waals surface area contributed by atoms with Crippen LogP contribution in [0.4, 0.5) is 0 Å². The molecule has 19 heavy (non-hydrogen) atoms. The van der Waals surface area contributed by atoms with Gasteiger partial charge in [0, 0.05) is 29.9 Å². The van der Waals surface area contributed by atoms with Crippen LogP contribution in [0, 0.1) is 9.81 Å². The van der Waals surface area contributed by atoms with E-state index in [9.17, 15) is 4.79 Å². The molecule has 5 heteroatoms. The number of amides is 1. The fourth-order valence-electron chi connectivity index (χ4n) is 2.69. The minimum atomic E-state index is 0.146. The fourth-order valence-corrected chi connectivity index (χ4v) is 4.01. The van der Waals surface area contributed by atoms with Gasteiger partial charge in [-0.25, -0.2) is 0 Å². The summed E-state index contributed by atoms with van der Waals surface area (Å²) in [4.78, 5) is 14.5. The second-order valence-corrected chi connectivity index (χ2v) is 7.67. The third-order valence-electron chi connectivity index (χ3n) is 3.77. The second-order valence-electron chi connectivity index (χ2n) is 4.87. The molecule has 0 bridgehead atoms. The topological polar surface area (TPSA) is 25.2 Å². The molecule has 3 heterocycles. The first-order chi connectivity index (χ1) is 9.08. The molecular weight excluding hydrogens is 371 g/mol. The van der Waals surface area contributed by atoms with Crippen molar-refractivity contribution in [1.29, 1.82) is 0 Å². The molecule has 0 saturated carbocycles. The van der Waals surface area contributed by atoms with Crippen molar-refractivity contribution in [2.45, 2.75) is 26.4 Å². The van der Waals surface area contributed by atoms with Crippen molar-refractivity contribution >= 4 is 39.8 Å². The zero-order valence-corrected chi connectivity index (χ0v) is 13.9. The molecule has 1 aliphatic heterocycles. The molecule has 0 aliphatic carbocycles. The van der Waals surface area contributed by atoms with Gasteiger partial charge in [0.15, 0.2) is 0 Å². The Bertz CT molecular complexity index is 631. The van der Waals surface area contributed by atoms with Crippen molar-refractivity contribution in [3.63, 3.8) is 0 Å². The van der Waals surface area contributed by atoms with Gasteiger partial charge in [-0.05, 0) is 54.6 Å². The Morgan fingerprint density at radius 3 is 2.89 bits per heavy atom. The highest BCUT2D eigenvalue weighted by Crippen LogP contribution is 2.29. The molecule has 1 amide bonds. The van der Waals surface area contributed by atoms with Crippen molar-refractivity contribution in [2.75, 3.05) is 6.54 Å². The van der Waals surface area contributed by atoms with Gasteiger partial charge in [-0.2, -0.15) is 0 Å². The van der Waals surface area contributed by atoms with E-state index in [1.54, 1.807) is 11.3 Å². The number of halogens is 1. The number of hydrogen-bond acceptors (Lipinski definition) is 2. The van der Waals surface area contributed by atoms with Gasteiger partial charge < -0.3 is 9.47 Å². The van der Waals surface area contributed by atoms with Gasteiger partial charge in [0.05, 0.1) is 14.5 Å². The number of nitrogens with zero attached hydrogens (tertiary/aromatic N) is 2. The fraction of sp³-hybridized carbons (Fsp3) is 0.357. The quantitative estimate of drug-likeness (QED) is 0.687. The van der Waals surface area contributed by atoms with E-state index in [1.807, 2.05) is 16.3 Å². The van der Waals surface area contributed by atoms with Crippen molar-refractivity contribution in [3.05, 3.63) is 43.4 Å². The van der Waals surface area contributed by atoms with Gasteiger partial charge in [0.1, 0.15) is 0 Å². The number of aryl methyl sites for hydroxylation is 1. The monoisotopic (exact) mass is 386 g/mol. The average molecular weight is 386 g/mol. The Labute approximate surface area is 130 Å². The third-order valence-corrected chi connectivity index (χ3v) is 5.56. The zero-order valence-electron chi connectivity index (χ0n) is 10.9. The summed E-state index contributed by atoms with van der Waals surface area (Å²) in [6.45, 7) is 5.91. The van der Waals surface area contributed by atoms with E-state index < -0.39 is 0 Å². The van der Waals surface area contributed by atoms with Crippen LogP contribution in [0.25, 0.3) is 0 Å². The lowest BCUT2D eigenvalue weighted by atomic mass is 10.1. The van der Waals surface area contributed by atoms with Gasteiger partial charge in [0.25, 0.3) is 5.91 Å². The predicted octanol–water partition coefficient (Wildman–Crippen LogP) is 3.68. The van der Waals surface area contributed by atoms with Gasteiger partial charge in [0.2, 0.25) is 0 Å². The molecular formula is C14H15IN2OS. The highest BCUT2D eigenvalue weighted by Gasteiger charge is 2.29. The van der Waals surface area contributed by atoms with Crippen LogP contribution in [0.1, 0.15) is 34.7 Å². The first-order valence-electron chi connectivity index (χ1n) is 6.29. The Kier molecular flexibility index (Phi) is 3.42. The number of fused-ring (bicyclic) bond motifs is 1. The van der Waals surface area contributed by atoms with Gasteiger partial charge in [-0.1, -0.05) is 0 Å². The van der Waals surface area contributed by atoms with Crippen LogP contribution in [0.15, 0.2) is 23.6 Å².